The molecule has 0 spiro atoms. The minimum atomic E-state index is -1.53. The van der Waals surface area contributed by atoms with Crippen LogP contribution in [0.15, 0.2) is 60.9 Å². The van der Waals surface area contributed by atoms with Crippen molar-refractivity contribution in [3.8, 4) is 0 Å². The van der Waals surface area contributed by atoms with Crippen molar-refractivity contribution in [3.05, 3.63) is 72.1 Å². The number of aliphatic hydroxyl groups is 1. The molecule has 17 heteroatoms. The van der Waals surface area contributed by atoms with Crippen LogP contribution >= 0.6 is 11.8 Å². The first-order valence-corrected chi connectivity index (χ1v) is 19.9. The van der Waals surface area contributed by atoms with Crippen molar-refractivity contribution < 1.29 is 39.0 Å². The zero-order valence-electron chi connectivity index (χ0n) is 31.9. The highest BCUT2D eigenvalue weighted by atomic mass is 32.2. The molecule has 0 fully saturated rings. The van der Waals surface area contributed by atoms with E-state index in [0.29, 0.717) is 12.2 Å². The summed E-state index contributed by atoms with van der Waals surface area (Å²) < 4.78 is 0. The van der Waals surface area contributed by atoms with Crippen LogP contribution in [0.5, 0.6) is 0 Å². The number of nitrogens with one attached hydrogen (secondary N) is 7. The maximum Gasteiger partial charge on any atom is 0.326 e. The zero-order valence-corrected chi connectivity index (χ0v) is 32.7. The predicted octanol–water partition coefficient (Wildman–Crippen LogP) is 1.08. The highest BCUT2D eigenvalue weighted by molar-refractivity contribution is 7.98. The van der Waals surface area contributed by atoms with Gasteiger partial charge in [0.15, 0.2) is 0 Å². The molecule has 0 saturated carbocycles. The van der Waals surface area contributed by atoms with Crippen molar-refractivity contribution in [2.24, 2.45) is 11.7 Å². The number of para-hydroxylation sites is 2. The first kappa shape index (κ1) is 43.3. The molecule has 2 aromatic carbocycles. The van der Waals surface area contributed by atoms with Gasteiger partial charge in [-0.2, -0.15) is 11.8 Å². The second-order valence-electron chi connectivity index (χ2n) is 13.9. The van der Waals surface area contributed by atoms with Gasteiger partial charge in [0.2, 0.25) is 29.5 Å². The highest BCUT2D eigenvalue weighted by Gasteiger charge is 2.33. The number of carboxylic acids is 1. The Labute approximate surface area is 328 Å². The van der Waals surface area contributed by atoms with Crippen molar-refractivity contribution in [1.82, 2.24) is 36.6 Å². The van der Waals surface area contributed by atoms with Crippen LogP contribution in [-0.2, 0) is 41.6 Å². The lowest BCUT2D eigenvalue weighted by Crippen LogP contribution is -2.60. The van der Waals surface area contributed by atoms with E-state index < -0.39 is 78.4 Å². The van der Waals surface area contributed by atoms with Crippen molar-refractivity contribution in [2.45, 2.75) is 82.8 Å². The molecule has 16 nitrogen and oxygen atoms in total. The number of rotatable bonds is 21. The van der Waals surface area contributed by atoms with Gasteiger partial charge in [-0.3, -0.25) is 24.0 Å². The van der Waals surface area contributed by atoms with E-state index in [1.54, 1.807) is 32.5 Å². The van der Waals surface area contributed by atoms with Gasteiger partial charge in [-0.15, -0.1) is 0 Å². The molecule has 7 atom stereocenters. The van der Waals surface area contributed by atoms with E-state index in [-0.39, 0.29) is 25.2 Å². The maximum absolute atomic E-state index is 13.7. The number of aliphatic carboxylic acids is 1. The Bertz CT molecular complexity index is 2000. The number of carboxylic acid groups (broad SMARTS) is 1. The first-order valence-electron chi connectivity index (χ1n) is 18.5. The number of aromatic amines is 2. The van der Waals surface area contributed by atoms with E-state index in [1.807, 2.05) is 48.5 Å². The van der Waals surface area contributed by atoms with Crippen molar-refractivity contribution >= 4 is 69.1 Å². The first-order chi connectivity index (χ1) is 26.7. The van der Waals surface area contributed by atoms with E-state index >= 15 is 0 Å². The molecular weight excluding hydrogens is 741 g/mol. The molecule has 5 amide bonds. The van der Waals surface area contributed by atoms with Crippen LogP contribution < -0.4 is 32.3 Å². The molecule has 0 aliphatic rings. The van der Waals surface area contributed by atoms with Crippen LogP contribution in [0.1, 0.15) is 44.7 Å². The number of carbonyl (C=O) groups excluding carboxylic acids is 5. The minimum absolute atomic E-state index is 0.0565. The third kappa shape index (κ3) is 11.6. The summed E-state index contributed by atoms with van der Waals surface area (Å²) in [5, 5.41) is 34.6. The number of fused-ring (bicyclic) bond motifs is 2. The van der Waals surface area contributed by atoms with Gasteiger partial charge in [0.1, 0.15) is 24.2 Å². The molecule has 2 aromatic heterocycles. The molecule has 0 bridgehead atoms. The van der Waals surface area contributed by atoms with Gasteiger partial charge in [0.05, 0.1) is 18.7 Å². The summed E-state index contributed by atoms with van der Waals surface area (Å²) in [6, 6.07) is 9.03. The molecule has 11 N–H and O–H groups in total. The summed E-state index contributed by atoms with van der Waals surface area (Å²) in [6.45, 7) is 4.13. The number of hydrogen-bond acceptors (Lipinski definition) is 9. The third-order valence-corrected chi connectivity index (χ3v) is 10.4. The summed E-state index contributed by atoms with van der Waals surface area (Å²) in [7, 11) is 0. The minimum Gasteiger partial charge on any atom is -0.480 e. The summed E-state index contributed by atoms with van der Waals surface area (Å²) >= 11 is 1.41. The summed E-state index contributed by atoms with van der Waals surface area (Å²) in [5.74, 6) is -4.86. The molecule has 0 radical (unpaired) electrons. The predicted molar refractivity (Wildman–Crippen MR) is 214 cm³/mol. The Balaban J connectivity index is 1.43. The van der Waals surface area contributed by atoms with Crippen molar-refractivity contribution in [1.29, 1.82) is 0 Å². The lowest BCUT2D eigenvalue weighted by Gasteiger charge is -2.27. The number of benzene rings is 2. The fourth-order valence-electron chi connectivity index (χ4n) is 6.26. The van der Waals surface area contributed by atoms with Crippen LogP contribution in [0.25, 0.3) is 21.8 Å². The van der Waals surface area contributed by atoms with Gasteiger partial charge < -0.3 is 52.5 Å². The Morgan fingerprint density at radius 2 is 1.32 bits per heavy atom. The molecule has 0 aliphatic heterocycles. The van der Waals surface area contributed by atoms with Gasteiger partial charge in [-0.25, -0.2) is 4.79 Å². The van der Waals surface area contributed by atoms with Crippen LogP contribution in [0.2, 0.25) is 0 Å². The molecular formula is C39H52N8O8S. The summed E-state index contributed by atoms with van der Waals surface area (Å²) in [4.78, 5) is 84.9. The Morgan fingerprint density at radius 1 is 0.750 bits per heavy atom. The van der Waals surface area contributed by atoms with Crippen molar-refractivity contribution in [3.63, 3.8) is 0 Å². The largest absolute Gasteiger partial charge is 0.480 e. The van der Waals surface area contributed by atoms with Crippen molar-refractivity contribution in [2.75, 3.05) is 18.6 Å². The smallest absolute Gasteiger partial charge is 0.326 e. The van der Waals surface area contributed by atoms with Crippen LogP contribution in [0.4, 0.5) is 0 Å². The molecule has 0 aliphatic carbocycles. The zero-order chi connectivity index (χ0) is 40.9. The second-order valence-corrected chi connectivity index (χ2v) is 14.8. The fraction of sp³-hybridized carbons (Fsp3) is 0.436. The standard InChI is InChI=1S/C39H52N8O8S/c1-5-21(2)33(39(54)55)47-37(52)30(14-15-56-4)44-38(53)34(22(3)48)46-32(49)20-43-36(51)31(17-24-19-42-29-13-9-7-11-26(24)29)45-35(50)27(40)16-23-18-41-28-12-8-6-10-25(23)28/h6-13,18-19,21-22,27,30-31,33-34,41-42,48H,5,14-17,20,40H2,1-4H3,(H,43,51)(H,44,53)(H,45,50)(H,46,49)(H,47,52)(H,54,55)/t21-,22+,27-,30-,31-,33-,34-/m0/s1. The summed E-state index contributed by atoms with van der Waals surface area (Å²) in [5.41, 5.74) is 9.64. The van der Waals surface area contributed by atoms with E-state index in [4.69, 9.17) is 5.73 Å². The quantitative estimate of drug-likeness (QED) is 0.0574. The normalized spacial score (nSPS) is 15.1. The van der Waals surface area contributed by atoms with Gasteiger partial charge >= 0.3 is 5.97 Å². The average Bonchev–Trinajstić information content (AvgIpc) is 3.79. The fourth-order valence-corrected chi connectivity index (χ4v) is 6.73. The van der Waals surface area contributed by atoms with Gasteiger partial charge in [0.25, 0.3) is 0 Å². The Kier molecular flexibility index (Phi) is 15.9. The lowest BCUT2D eigenvalue weighted by atomic mass is 9.98. The van der Waals surface area contributed by atoms with E-state index in [2.05, 4.69) is 36.6 Å². The maximum atomic E-state index is 13.7. The number of carbonyl (C=O) groups is 6. The molecule has 302 valence electrons. The number of H-pyrrole nitrogens is 2. The molecule has 56 heavy (non-hydrogen) atoms. The van der Waals surface area contributed by atoms with E-state index in [9.17, 15) is 39.0 Å². The summed E-state index contributed by atoms with van der Waals surface area (Å²) in [6.07, 6.45) is 4.80. The number of nitrogens with two attached hydrogens (primary N) is 1. The number of thioether (sulfide) groups is 1. The van der Waals surface area contributed by atoms with Gasteiger partial charge in [-0.1, -0.05) is 56.7 Å². The number of amides is 5. The number of aromatic nitrogens is 2. The average molecular weight is 793 g/mol. The van der Waals surface area contributed by atoms with E-state index in [0.717, 1.165) is 32.9 Å². The second kappa shape index (κ2) is 20.5. The third-order valence-electron chi connectivity index (χ3n) is 9.71. The van der Waals surface area contributed by atoms with Crippen LogP contribution in [-0.4, -0.2) is 111 Å². The molecule has 0 unspecified atom stereocenters. The monoisotopic (exact) mass is 792 g/mol. The molecule has 2 heterocycles. The molecule has 4 aromatic rings. The topological polar surface area (TPSA) is 261 Å². The number of hydrogen-bond donors (Lipinski definition) is 10. The van der Waals surface area contributed by atoms with E-state index in [1.165, 1.54) is 18.7 Å². The van der Waals surface area contributed by atoms with Gasteiger partial charge in [-0.05, 0) is 61.0 Å². The molecule has 4 rings (SSSR count). The Hall–Kier alpha value is -5.39. The van der Waals surface area contributed by atoms with Crippen LogP contribution in [0, 0.1) is 5.92 Å². The van der Waals surface area contributed by atoms with Crippen LogP contribution in [0.3, 0.4) is 0 Å². The molecule has 0 saturated heterocycles. The lowest BCUT2D eigenvalue weighted by molar-refractivity contribution is -0.144. The van der Waals surface area contributed by atoms with Gasteiger partial charge in [0, 0.05) is 40.6 Å². The SMILES string of the molecule is CC[C@H](C)[C@H](NC(=O)[C@H](CCSC)NC(=O)[C@@H](NC(=O)CNC(=O)[C@H](Cc1c[nH]c2ccccc12)NC(=O)[C@@H](N)Cc1c[nH]c2ccccc12)[C@@H](C)O)C(=O)O. The highest BCUT2D eigenvalue weighted by Crippen LogP contribution is 2.21. The number of aliphatic hydroxyl groups excluding tert-OH is 1. The Morgan fingerprint density at radius 3 is 1.88 bits per heavy atom.